The predicted molar refractivity (Wildman–Crippen MR) is 56.4 cm³/mol. The number of nitrogens with one attached hydrogen (secondary N) is 2. The van der Waals surface area contributed by atoms with Crippen molar-refractivity contribution in [3.05, 3.63) is 12.3 Å². The standard InChI is InChI=1S/C9H15N5O/c1-6(10)9(15)13-8-2-3-12-14(8)7-4-11-5-7/h2-3,6-7,11H,4-5,10H2,1H3,(H,13,15)/t6-/m0/s1. The van der Waals surface area contributed by atoms with Gasteiger partial charge in [-0.05, 0) is 6.92 Å². The largest absolute Gasteiger partial charge is 0.320 e. The van der Waals surface area contributed by atoms with Crippen LogP contribution in [-0.4, -0.2) is 34.8 Å². The highest BCUT2D eigenvalue weighted by molar-refractivity contribution is 5.93. The number of hydrogen-bond acceptors (Lipinski definition) is 4. The van der Waals surface area contributed by atoms with Gasteiger partial charge in [0.15, 0.2) is 0 Å². The summed E-state index contributed by atoms with van der Waals surface area (Å²) in [5, 5.41) is 10.1. The van der Waals surface area contributed by atoms with Crippen LogP contribution in [0.1, 0.15) is 13.0 Å². The van der Waals surface area contributed by atoms with E-state index < -0.39 is 6.04 Å². The van der Waals surface area contributed by atoms with Crippen LogP contribution in [0.5, 0.6) is 0 Å². The van der Waals surface area contributed by atoms with Crippen LogP contribution >= 0.6 is 0 Å². The quantitative estimate of drug-likeness (QED) is 0.615. The summed E-state index contributed by atoms with van der Waals surface area (Å²) in [6.07, 6.45) is 1.68. The van der Waals surface area contributed by atoms with E-state index in [0.717, 1.165) is 13.1 Å². The van der Waals surface area contributed by atoms with Crippen molar-refractivity contribution in [2.75, 3.05) is 18.4 Å². The number of nitrogens with two attached hydrogens (primary N) is 1. The highest BCUT2D eigenvalue weighted by Crippen LogP contribution is 2.17. The van der Waals surface area contributed by atoms with E-state index in [1.54, 1.807) is 19.2 Å². The molecule has 0 radical (unpaired) electrons. The zero-order valence-corrected chi connectivity index (χ0v) is 8.60. The van der Waals surface area contributed by atoms with Gasteiger partial charge in [-0.1, -0.05) is 0 Å². The molecule has 1 aliphatic heterocycles. The van der Waals surface area contributed by atoms with Crippen LogP contribution in [0.25, 0.3) is 0 Å². The molecule has 1 aromatic heterocycles. The smallest absolute Gasteiger partial charge is 0.242 e. The van der Waals surface area contributed by atoms with Crippen LogP contribution in [0, 0.1) is 0 Å². The first-order valence-electron chi connectivity index (χ1n) is 4.99. The minimum atomic E-state index is -0.507. The van der Waals surface area contributed by atoms with Crippen molar-refractivity contribution in [3.8, 4) is 0 Å². The molecule has 0 aliphatic carbocycles. The number of carbonyl (C=O) groups is 1. The summed E-state index contributed by atoms with van der Waals surface area (Å²) in [5.74, 6) is 0.521. The van der Waals surface area contributed by atoms with E-state index in [0.29, 0.717) is 11.9 Å². The minimum Gasteiger partial charge on any atom is -0.320 e. The third-order valence-corrected chi connectivity index (χ3v) is 2.44. The molecule has 0 saturated carbocycles. The van der Waals surface area contributed by atoms with Crippen molar-refractivity contribution in [1.29, 1.82) is 0 Å². The average Bonchev–Trinajstić information content (AvgIpc) is 2.50. The number of hydrogen-bond donors (Lipinski definition) is 3. The highest BCUT2D eigenvalue weighted by Gasteiger charge is 2.22. The van der Waals surface area contributed by atoms with Crippen LogP contribution in [0.2, 0.25) is 0 Å². The summed E-state index contributed by atoms with van der Waals surface area (Å²) in [6.45, 7) is 3.44. The van der Waals surface area contributed by atoms with Gasteiger partial charge in [0.1, 0.15) is 5.82 Å². The topological polar surface area (TPSA) is 85.0 Å². The molecule has 6 nitrogen and oxygen atoms in total. The third-order valence-electron chi connectivity index (χ3n) is 2.44. The van der Waals surface area contributed by atoms with Gasteiger partial charge in [0.05, 0.1) is 18.3 Å². The zero-order chi connectivity index (χ0) is 10.8. The second-order valence-electron chi connectivity index (χ2n) is 3.75. The van der Waals surface area contributed by atoms with E-state index in [1.165, 1.54) is 0 Å². The van der Waals surface area contributed by atoms with Crippen molar-refractivity contribution in [2.24, 2.45) is 5.73 Å². The maximum absolute atomic E-state index is 11.4. The molecule has 4 N–H and O–H groups in total. The van der Waals surface area contributed by atoms with Crippen LogP contribution < -0.4 is 16.4 Å². The van der Waals surface area contributed by atoms with Gasteiger partial charge in [0, 0.05) is 19.2 Å². The van der Waals surface area contributed by atoms with E-state index in [1.807, 2.05) is 4.68 Å². The summed E-state index contributed by atoms with van der Waals surface area (Å²) >= 11 is 0. The Labute approximate surface area is 87.8 Å². The monoisotopic (exact) mass is 209 g/mol. The highest BCUT2D eigenvalue weighted by atomic mass is 16.2. The molecule has 0 unspecified atom stereocenters. The Morgan fingerprint density at radius 3 is 3.07 bits per heavy atom. The maximum Gasteiger partial charge on any atom is 0.242 e. The fraction of sp³-hybridized carbons (Fsp3) is 0.556. The summed E-state index contributed by atoms with van der Waals surface area (Å²) in [6, 6.07) is 1.61. The minimum absolute atomic E-state index is 0.191. The Bertz CT molecular complexity index is 355. The maximum atomic E-state index is 11.4. The first-order chi connectivity index (χ1) is 7.18. The fourth-order valence-corrected chi connectivity index (χ4v) is 1.39. The number of rotatable bonds is 3. The lowest BCUT2D eigenvalue weighted by Gasteiger charge is -2.28. The van der Waals surface area contributed by atoms with Gasteiger partial charge in [0.2, 0.25) is 5.91 Å². The molecule has 0 bridgehead atoms. The molecule has 6 heteroatoms. The Kier molecular flexibility index (Phi) is 2.70. The SMILES string of the molecule is C[C@H](N)C(=O)Nc1ccnn1C1CNC1. The molecule has 1 amide bonds. The molecule has 1 fully saturated rings. The van der Waals surface area contributed by atoms with Crippen molar-refractivity contribution in [1.82, 2.24) is 15.1 Å². The zero-order valence-electron chi connectivity index (χ0n) is 8.60. The van der Waals surface area contributed by atoms with Crippen LogP contribution in [0.3, 0.4) is 0 Å². The van der Waals surface area contributed by atoms with E-state index in [2.05, 4.69) is 15.7 Å². The van der Waals surface area contributed by atoms with E-state index >= 15 is 0 Å². The summed E-state index contributed by atoms with van der Waals surface area (Å²) < 4.78 is 1.82. The lowest BCUT2D eigenvalue weighted by atomic mass is 10.2. The van der Waals surface area contributed by atoms with Gasteiger partial charge < -0.3 is 16.4 Å². The first-order valence-corrected chi connectivity index (χ1v) is 4.99. The molecule has 82 valence electrons. The molecule has 2 heterocycles. The van der Waals surface area contributed by atoms with E-state index in [-0.39, 0.29) is 5.91 Å². The van der Waals surface area contributed by atoms with Gasteiger partial charge >= 0.3 is 0 Å². The van der Waals surface area contributed by atoms with Crippen molar-refractivity contribution in [3.63, 3.8) is 0 Å². The Balaban J connectivity index is 2.07. The molecule has 0 spiro atoms. The van der Waals surface area contributed by atoms with E-state index in [4.69, 9.17) is 5.73 Å². The molecule has 1 atom stereocenters. The number of carbonyl (C=O) groups excluding carboxylic acids is 1. The van der Waals surface area contributed by atoms with Crippen LogP contribution in [-0.2, 0) is 4.79 Å². The molecule has 0 aromatic carbocycles. The Morgan fingerprint density at radius 1 is 1.80 bits per heavy atom. The van der Waals surface area contributed by atoms with Crippen molar-refractivity contribution < 1.29 is 4.79 Å². The van der Waals surface area contributed by atoms with Crippen molar-refractivity contribution >= 4 is 11.7 Å². The third kappa shape index (κ3) is 2.00. The van der Waals surface area contributed by atoms with Crippen molar-refractivity contribution in [2.45, 2.75) is 19.0 Å². The fourth-order valence-electron chi connectivity index (χ4n) is 1.39. The van der Waals surface area contributed by atoms with E-state index in [9.17, 15) is 4.79 Å². The van der Waals surface area contributed by atoms with Gasteiger partial charge in [-0.25, -0.2) is 4.68 Å². The van der Waals surface area contributed by atoms with Gasteiger partial charge in [-0.15, -0.1) is 0 Å². The molecule has 2 rings (SSSR count). The number of anilines is 1. The normalized spacial score (nSPS) is 18.3. The van der Waals surface area contributed by atoms with Gasteiger partial charge in [0.25, 0.3) is 0 Å². The van der Waals surface area contributed by atoms with Crippen LogP contribution in [0.15, 0.2) is 12.3 Å². The molecule has 1 saturated heterocycles. The molecular weight excluding hydrogens is 194 g/mol. The Morgan fingerprint density at radius 2 is 2.53 bits per heavy atom. The number of amides is 1. The second kappa shape index (κ2) is 4.00. The number of nitrogens with zero attached hydrogens (tertiary/aromatic N) is 2. The van der Waals surface area contributed by atoms with Crippen LogP contribution in [0.4, 0.5) is 5.82 Å². The second-order valence-corrected chi connectivity index (χ2v) is 3.75. The lowest BCUT2D eigenvalue weighted by molar-refractivity contribution is -0.117. The average molecular weight is 209 g/mol. The Hall–Kier alpha value is -1.40. The van der Waals surface area contributed by atoms with Gasteiger partial charge in [-0.2, -0.15) is 5.10 Å². The predicted octanol–water partition coefficient (Wildman–Crippen LogP) is -0.687. The molecule has 1 aromatic rings. The lowest BCUT2D eigenvalue weighted by Crippen LogP contribution is -2.44. The molecule has 1 aliphatic rings. The first kappa shape index (κ1) is 10.1. The summed E-state index contributed by atoms with van der Waals surface area (Å²) in [5.41, 5.74) is 5.47. The van der Waals surface area contributed by atoms with Gasteiger partial charge in [-0.3, -0.25) is 4.79 Å². The number of aromatic nitrogens is 2. The summed E-state index contributed by atoms with van der Waals surface area (Å²) in [4.78, 5) is 11.4. The summed E-state index contributed by atoms with van der Waals surface area (Å²) in [7, 11) is 0. The molecule has 15 heavy (non-hydrogen) atoms. The molecular formula is C9H15N5O.